The highest BCUT2D eigenvalue weighted by atomic mass is 19.1. The van der Waals surface area contributed by atoms with E-state index in [0.29, 0.717) is 25.9 Å². The van der Waals surface area contributed by atoms with Gasteiger partial charge in [0.1, 0.15) is 11.3 Å². The van der Waals surface area contributed by atoms with E-state index in [9.17, 15) is 9.18 Å². The molecule has 1 amide bonds. The quantitative estimate of drug-likeness (QED) is 0.621. The van der Waals surface area contributed by atoms with E-state index in [1.165, 1.54) is 0 Å². The molecule has 0 unspecified atom stereocenters. The van der Waals surface area contributed by atoms with Crippen LogP contribution < -0.4 is 0 Å². The number of likely N-dealkylation sites (tertiary alicyclic amines) is 1. The zero-order chi connectivity index (χ0) is 20.3. The molecule has 5 nitrogen and oxygen atoms in total. The van der Waals surface area contributed by atoms with Gasteiger partial charge in [0.15, 0.2) is 0 Å². The van der Waals surface area contributed by atoms with Crippen molar-refractivity contribution in [3.05, 3.63) is 11.3 Å². The number of hydrogen-bond acceptors (Lipinski definition) is 4. The molecule has 0 aromatic carbocycles. The van der Waals surface area contributed by atoms with Gasteiger partial charge >= 0.3 is 13.2 Å². The fourth-order valence-corrected chi connectivity index (χ4v) is 4.11. The summed E-state index contributed by atoms with van der Waals surface area (Å²) in [5.41, 5.74) is -1.15. The summed E-state index contributed by atoms with van der Waals surface area (Å²) in [6, 6.07) is 0. The van der Waals surface area contributed by atoms with E-state index in [4.69, 9.17) is 14.0 Å². The highest BCUT2D eigenvalue weighted by molar-refractivity contribution is 6.53. The van der Waals surface area contributed by atoms with Gasteiger partial charge in [-0.1, -0.05) is 0 Å². The summed E-state index contributed by atoms with van der Waals surface area (Å²) in [7, 11) is -0.923. The van der Waals surface area contributed by atoms with Crippen molar-refractivity contribution in [3.63, 3.8) is 0 Å². The molecule has 2 saturated heterocycles. The van der Waals surface area contributed by atoms with Gasteiger partial charge in [0.05, 0.1) is 11.2 Å². The van der Waals surface area contributed by atoms with E-state index < -0.39 is 23.9 Å². The van der Waals surface area contributed by atoms with E-state index in [-0.39, 0.29) is 17.2 Å². The first kappa shape index (κ1) is 20.7. The monoisotopic (exact) mass is 381 g/mol. The topological polar surface area (TPSA) is 48.0 Å². The molecule has 1 spiro atoms. The van der Waals surface area contributed by atoms with Gasteiger partial charge in [-0.3, -0.25) is 0 Å². The second kappa shape index (κ2) is 6.48. The predicted octanol–water partition coefficient (Wildman–Crippen LogP) is 4.65. The van der Waals surface area contributed by atoms with Crippen molar-refractivity contribution in [1.29, 1.82) is 0 Å². The molecule has 1 aliphatic carbocycles. The third kappa shape index (κ3) is 4.04. The number of carbonyl (C=O) groups excluding carboxylic acids is 1. The summed E-state index contributed by atoms with van der Waals surface area (Å²) in [6.07, 6.45) is 2.96. The molecule has 3 aliphatic rings. The SMILES string of the molecule is CC(C)(C)OC(=O)N1CCCC2(CC(=C(F)B3OC(C)(C)C(C)(C)O3)C2)C1. The van der Waals surface area contributed by atoms with Crippen LogP contribution in [0.3, 0.4) is 0 Å². The van der Waals surface area contributed by atoms with Gasteiger partial charge in [0, 0.05) is 13.1 Å². The second-order valence-corrected chi connectivity index (χ2v) is 10.4. The summed E-state index contributed by atoms with van der Waals surface area (Å²) < 4.78 is 32.1. The maximum absolute atomic E-state index is 15.0. The summed E-state index contributed by atoms with van der Waals surface area (Å²) in [6.45, 7) is 14.6. The molecule has 2 aliphatic heterocycles. The van der Waals surface area contributed by atoms with Crippen molar-refractivity contribution >= 4 is 13.2 Å². The molecule has 3 rings (SSSR count). The fraction of sp³-hybridized carbons (Fsp3) is 0.850. The molecule has 0 aromatic heterocycles. The third-order valence-electron chi connectivity index (χ3n) is 6.29. The fourth-order valence-electron chi connectivity index (χ4n) is 4.11. The first-order chi connectivity index (χ1) is 12.2. The number of piperidine rings is 1. The first-order valence-electron chi connectivity index (χ1n) is 9.95. The molecule has 27 heavy (non-hydrogen) atoms. The zero-order valence-electron chi connectivity index (χ0n) is 17.8. The van der Waals surface area contributed by atoms with E-state index in [2.05, 4.69) is 0 Å². The lowest BCUT2D eigenvalue weighted by atomic mass is 9.59. The zero-order valence-corrected chi connectivity index (χ0v) is 17.8. The van der Waals surface area contributed by atoms with Crippen LogP contribution in [0.4, 0.5) is 9.18 Å². The van der Waals surface area contributed by atoms with Crippen molar-refractivity contribution in [2.45, 2.75) is 91.0 Å². The molecule has 0 radical (unpaired) electrons. The van der Waals surface area contributed by atoms with Gasteiger partial charge in [0.25, 0.3) is 0 Å². The van der Waals surface area contributed by atoms with Crippen LogP contribution in [0.5, 0.6) is 0 Å². The summed E-state index contributed by atoms with van der Waals surface area (Å²) in [4.78, 5) is 14.2. The molecule has 7 heteroatoms. The Morgan fingerprint density at radius 2 is 1.70 bits per heavy atom. The number of hydrogen-bond donors (Lipinski definition) is 0. The number of allylic oxidation sites excluding steroid dienone is 1. The number of halogens is 1. The van der Waals surface area contributed by atoms with E-state index >= 15 is 0 Å². The van der Waals surface area contributed by atoms with Crippen molar-refractivity contribution in [3.8, 4) is 0 Å². The number of carbonyl (C=O) groups is 1. The van der Waals surface area contributed by atoms with E-state index in [1.54, 1.807) is 4.90 Å². The van der Waals surface area contributed by atoms with E-state index in [1.807, 2.05) is 48.5 Å². The standard InChI is InChI=1S/C20H33BFNO4/c1-17(2,3)25-16(24)23-10-8-9-20(13-23)11-14(12-20)15(22)21-26-18(4,5)19(6,7)27-21/h8-13H2,1-7H3. The van der Waals surface area contributed by atoms with Crippen molar-refractivity contribution in [2.75, 3.05) is 13.1 Å². The molecule has 0 aromatic rings. The minimum absolute atomic E-state index is 0.0362. The lowest BCUT2D eigenvalue weighted by molar-refractivity contribution is -0.00426. The maximum Gasteiger partial charge on any atom is 0.525 e. The number of ether oxygens (including phenoxy) is 1. The van der Waals surface area contributed by atoms with Crippen LogP contribution in [0.25, 0.3) is 0 Å². The van der Waals surface area contributed by atoms with Gasteiger partial charge in [-0.05, 0) is 85.1 Å². The average molecular weight is 381 g/mol. The molecule has 1 saturated carbocycles. The Balaban J connectivity index is 1.64. The molecule has 152 valence electrons. The first-order valence-corrected chi connectivity index (χ1v) is 9.95. The number of amides is 1. The van der Waals surface area contributed by atoms with Crippen LogP contribution in [0.1, 0.15) is 74.1 Å². The van der Waals surface area contributed by atoms with Crippen molar-refractivity contribution < 1.29 is 23.2 Å². The normalized spacial score (nSPS) is 29.7. The number of rotatable bonds is 1. The van der Waals surface area contributed by atoms with Crippen LogP contribution in [0.15, 0.2) is 11.3 Å². The maximum atomic E-state index is 15.0. The lowest BCUT2D eigenvalue weighted by Gasteiger charge is -2.50. The molecular formula is C20H33BFNO4. The Morgan fingerprint density at radius 1 is 1.15 bits per heavy atom. The van der Waals surface area contributed by atoms with E-state index in [0.717, 1.165) is 18.4 Å². The van der Waals surface area contributed by atoms with Gasteiger partial charge in [-0.25, -0.2) is 9.18 Å². The van der Waals surface area contributed by atoms with Crippen molar-refractivity contribution in [2.24, 2.45) is 5.41 Å². The average Bonchev–Trinajstić information content (AvgIpc) is 2.70. The minimum Gasteiger partial charge on any atom is -0.444 e. The highest BCUT2D eigenvalue weighted by Gasteiger charge is 2.55. The van der Waals surface area contributed by atoms with Crippen LogP contribution in [-0.4, -0.2) is 48.0 Å². The Kier molecular flexibility index (Phi) is 4.96. The Labute approximate surface area is 162 Å². The Morgan fingerprint density at radius 3 is 2.22 bits per heavy atom. The highest BCUT2D eigenvalue weighted by Crippen LogP contribution is 2.53. The molecule has 0 N–H and O–H groups in total. The van der Waals surface area contributed by atoms with Crippen LogP contribution in [-0.2, 0) is 14.0 Å². The number of nitrogens with zero attached hydrogens (tertiary/aromatic N) is 1. The predicted molar refractivity (Wildman–Crippen MR) is 103 cm³/mol. The lowest BCUT2D eigenvalue weighted by Crippen LogP contribution is -2.51. The molecule has 0 atom stereocenters. The molecule has 0 bridgehead atoms. The molecule has 3 fully saturated rings. The van der Waals surface area contributed by atoms with Gasteiger partial charge in [-0.15, -0.1) is 0 Å². The largest absolute Gasteiger partial charge is 0.525 e. The van der Waals surface area contributed by atoms with Gasteiger partial charge in [0.2, 0.25) is 0 Å². The molecular weight excluding hydrogens is 348 g/mol. The Bertz CT molecular complexity index is 629. The van der Waals surface area contributed by atoms with Crippen LogP contribution >= 0.6 is 0 Å². The van der Waals surface area contributed by atoms with Crippen LogP contribution in [0, 0.1) is 5.41 Å². The second-order valence-electron chi connectivity index (χ2n) is 10.4. The Hall–Kier alpha value is -1.08. The van der Waals surface area contributed by atoms with Gasteiger partial charge < -0.3 is 18.9 Å². The summed E-state index contributed by atoms with van der Waals surface area (Å²) in [5.74, 6) is 0. The summed E-state index contributed by atoms with van der Waals surface area (Å²) in [5, 5.41) is 0. The minimum atomic E-state index is -0.923. The van der Waals surface area contributed by atoms with Crippen molar-refractivity contribution in [1.82, 2.24) is 4.90 Å². The van der Waals surface area contributed by atoms with Gasteiger partial charge in [-0.2, -0.15) is 0 Å². The molecule has 2 heterocycles. The van der Waals surface area contributed by atoms with Crippen LogP contribution in [0.2, 0.25) is 0 Å². The smallest absolute Gasteiger partial charge is 0.444 e. The third-order valence-corrected chi connectivity index (χ3v) is 6.29. The summed E-state index contributed by atoms with van der Waals surface area (Å²) >= 11 is 0.